The van der Waals surface area contributed by atoms with Crippen molar-refractivity contribution in [2.24, 2.45) is 0 Å². The molecule has 4 aromatic rings. The third-order valence-corrected chi connectivity index (χ3v) is 6.55. The Balaban J connectivity index is 1.85. The SMILES string of the molecule is CCn1c(-c2ccc(OC)cc2C2CC2)nc2sc3c(O)cccc3c2c1=O. The molecule has 0 spiro atoms. The van der Waals surface area contributed by atoms with Crippen LogP contribution in [0.2, 0.25) is 0 Å². The quantitative estimate of drug-likeness (QED) is 0.537. The van der Waals surface area contributed by atoms with Crippen LogP contribution < -0.4 is 10.3 Å². The predicted octanol–water partition coefficient (Wildman–Crippen LogP) is 4.89. The van der Waals surface area contributed by atoms with Crippen LogP contribution in [0.3, 0.4) is 0 Å². The standard InChI is InChI=1S/C22H20N2O3S/c1-3-24-20(14-10-9-13(27-2)11-16(14)12-7-8-12)23-21-18(22(24)26)15-5-4-6-17(25)19(15)28-21/h4-6,9-12,25H,3,7-8H2,1-2H3. The number of hydrogen-bond acceptors (Lipinski definition) is 5. The Kier molecular flexibility index (Phi) is 3.91. The molecule has 2 aromatic carbocycles. The summed E-state index contributed by atoms with van der Waals surface area (Å²) in [6, 6.07) is 11.3. The number of ether oxygens (including phenoxy) is 1. The first-order valence-corrected chi connectivity index (χ1v) is 10.3. The summed E-state index contributed by atoms with van der Waals surface area (Å²) in [5.74, 6) is 2.20. The number of phenolic OH excluding ortho intramolecular Hbond substituents is 1. The normalized spacial score (nSPS) is 14.1. The average molecular weight is 392 g/mol. The number of benzene rings is 2. The van der Waals surface area contributed by atoms with Gasteiger partial charge in [-0.1, -0.05) is 12.1 Å². The van der Waals surface area contributed by atoms with Crippen molar-refractivity contribution in [3.8, 4) is 22.9 Å². The maximum Gasteiger partial charge on any atom is 0.263 e. The molecular formula is C22H20N2O3S. The van der Waals surface area contributed by atoms with E-state index in [0.29, 0.717) is 33.2 Å². The Labute approximate surface area is 165 Å². The first-order valence-electron chi connectivity index (χ1n) is 9.45. The highest BCUT2D eigenvalue weighted by Gasteiger charge is 2.29. The zero-order valence-corrected chi connectivity index (χ0v) is 16.5. The lowest BCUT2D eigenvalue weighted by Crippen LogP contribution is -2.22. The maximum atomic E-state index is 13.4. The molecule has 1 N–H and O–H groups in total. The number of rotatable bonds is 4. The Morgan fingerprint density at radius 3 is 2.82 bits per heavy atom. The fraction of sp³-hybridized carbons (Fsp3) is 0.273. The fourth-order valence-corrected chi connectivity index (χ4v) is 4.94. The molecule has 0 amide bonds. The smallest absolute Gasteiger partial charge is 0.263 e. The summed E-state index contributed by atoms with van der Waals surface area (Å²) < 4.78 is 7.86. The molecular weight excluding hydrogens is 372 g/mol. The topological polar surface area (TPSA) is 64.3 Å². The van der Waals surface area contributed by atoms with Crippen molar-refractivity contribution in [3.05, 3.63) is 52.3 Å². The van der Waals surface area contributed by atoms with Crippen molar-refractivity contribution in [1.82, 2.24) is 9.55 Å². The molecule has 1 aliphatic carbocycles. The minimum Gasteiger partial charge on any atom is -0.506 e. The number of aromatic hydroxyl groups is 1. The van der Waals surface area contributed by atoms with Crippen LogP contribution in [-0.2, 0) is 6.54 Å². The summed E-state index contributed by atoms with van der Waals surface area (Å²) in [4.78, 5) is 19.0. The minimum absolute atomic E-state index is 0.0584. The Morgan fingerprint density at radius 1 is 1.29 bits per heavy atom. The van der Waals surface area contributed by atoms with E-state index in [4.69, 9.17) is 9.72 Å². The maximum absolute atomic E-state index is 13.4. The van der Waals surface area contributed by atoms with Crippen LogP contribution in [0.5, 0.6) is 11.5 Å². The molecule has 142 valence electrons. The lowest BCUT2D eigenvalue weighted by molar-refractivity contribution is 0.414. The van der Waals surface area contributed by atoms with Crippen LogP contribution in [-0.4, -0.2) is 21.8 Å². The highest BCUT2D eigenvalue weighted by Crippen LogP contribution is 2.46. The van der Waals surface area contributed by atoms with Crippen LogP contribution in [0, 0.1) is 0 Å². The van der Waals surface area contributed by atoms with Crippen LogP contribution in [0.15, 0.2) is 41.2 Å². The third-order valence-electron chi connectivity index (χ3n) is 5.43. The fourth-order valence-electron chi connectivity index (χ4n) is 3.87. The van der Waals surface area contributed by atoms with Gasteiger partial charge in [0.2, 0.25) is 0 Å². The minimum atomic E-state index is -0.0584. The molecule has 0 bridgehead atoms. The zero-order chi connectivity index (χ0) is 19.4. The molecule has 2 aromatic heterocycles. The second kappa shape index (κ2) is 6.34. The molecule has 0 unspecified atom stereocenters. The Bertz CT molecular complexity index is 1280. The van der Waals surface area contributed by atoms with Gasteiger partial charge in [0.25, 0.3) is 5.56 Å². The van der Waals surface area contributed by atoms with E-state index < -0.39 is 0 Å². The number of thiophene rings is 1. The van der Waals surface area contributed by atoms with Crippen LogP contribution in [0.25, 0.3) is 31.7 Å². The lowest BCUT2D eigenvalue weighted by atomic mass is 10.0. The summed E-state index contributed by atoms with van der Waals surface area (Å²) in [6.45, 7) is 2.49. The van der Waals surface area contributed by atoms with E-state index in [0.717, 1.165) is 29.5 Å². The van der Waals surface area contributed by atoms with Crippen molar-refractivity contribution in [2.45, 2.75) is 32.2 Å². The molecule has 5 rings (SSSR count). The van der Waals surface area contributed by atoms with E-state index in [9.17, 15) is 9.90 Å². The average Bonchev–Trinajstić information content (AvgIpc) is 3.48. The lowest BCUT2D eigenvalue weighted by Gasteiger charge is -2.15. The van der Waals surface area contributed by atoms with Crippen molar-refractivity contribution in [1.29, 1.82) is 0 Å². The summed E-state index contributed by atoms with van der Waals surface area (Å²) in [7, 11) is 1.67. The van der Waals surface area contributed by atoms with Crippen molar-refractivity contribution in [3.63, 3.8) is 0 Å². The predicted molar refractivity (Wildman–Crippen MR) is 113 cm³/mol. The second-order valence-electron chi connectivity index (χ2n) is 7.15. The van der Waals surface area contributed by atoms with E-state index in [1.807, 2.05) is 25.1 Å². The molecule has 1 aliphatic rings. The van der Waals surface area contributed by atoms with Gasteiger partial charge in [0.15, 0.2) is 0 Å². The van der Waals surface area contributed by atoms with Gasteiger partial charge >= 0.3 is 0 Å². The number of nitrogens with zero attached hydrogens (tertiary/aromatic N) is 2. The molecule has 1 saturated carbocycles. The van der Waals surface area contributed by atoms with Gasteiger partial charge in [-0.15, -0.1) is 11.3 Å². The molecule has 0 atom stereocenters. The van der Waals surface area contributed by atoms with E-state index in [1.165, 1.54) is 16.9 Å². The molecule has 1 fully saturated rings. The van der Waals surface area contributed by atoms with Gasteiger partial charge in [0.05, 0.1) is 17.2 Å². The van der Waals surface area contributed by atoms with E-state index in [2.05, 4.69) is 6.07 Å². The summed E-state index contributed by atoms with van der Waals surface area (Å²) >= 11 is 1.37. The van der Waals surface area contributed by atoms with Gasteiger partial charge in [0, 0.05) is 17.5 Å². The largest absolute Gasteiger partial charge is 0.506 e. The van der Waals surface area contributed by atoms with E-state index in [-0.39, 0.29) is 11.3 Å². The molecule has 0 saturated heterocycles. The van der Waals surface area contributed by atoms with Crippen LogP contribution in [0.1, 0.15) is 31.2 Å². The number of methoxy groups -OCH3 is 1. The molecule has 0 aliphatic heterocycles. The number of hydrogen-bond donors (Lipinski definition) is 1. The van der Waals surface area contributed by atoms with Crippen LogP contribution in [0.4, 0.5) is 0 Å². The molecule has 6 heteroatoms. The highest BCUT2D eigenvalue weighted by atomic mass is 32.1. The molecule has 5 nitrogen and oxygen atoms in total. The van der Waals surface area contributed by atoms with E-state index >= 15 is 0 Å². The van der Waals surface area contributed by atoms with Crippen molar-refractivity contribution in [2.75, 3.05) is 7.11 Å². The molecule has 0 radical (unpaired) electrons. The summed E-state index contributed by atoms with van der Waals surface area (Å²) in [6.07, 6.45) is 2.30. The number of fused-ring (bicyclic) bond motifs is 3. The van der Waals surface area contributed by atoms with Crippen molar-refractivity contribution >= 4 is 31.6 Å². The first kappa shape index (κ1) is 17.3. The van der Waals surface area contributed by atoms with Gasteiger partial charge < -0.3 is 9.84 Å². The molecule has 2 heterocycles. The number of aromatic nitrogens is 2. The number of phenols is 1. The Hall–Kier alpha value is -2.86. The van der Waals surface area contributed by atoms with Crippen LogP contribution >= 0.6 is 11.3 Å². The van der Waals surface area contributed by atoms with E-state index in [1.54, 1.807) is 23.8 Å². The van der Waals surface area contributed by atoms with Gasteiger partial charge in [0.1, 0.15) is 22.2 Å². The zero-order valence-electron chi connectivity index (χ0n) is 15.7. The van der Waals surface area contributed by atoms with Gasteiger partial charge in [-0.2, -0.15) is 0 Å². The first-order chi connectivity index (χ1) is 13.6. The van der Waals surface area contributed by atoms with Gasteiger partial charge in [-0.25, -0.2) is 4.98 Å². The monoisotopic (exact) mass is 392 g/mol. The Morgan fingerprint density at radius 2 is 2.11 bits per heavy atom. The molecule has 28 heavy (non-hydrogen) atoms. The summed E-state index contributed by atoms with van der Waals surface area (Å²) in [5, 5.41) is 11.6. The van der Waals surface area contributed by atoms with Gasteiger partial charge in [-0.05, 0) is 55.5 Å². The highest BCUT2D eigenvalue weighted by molar-refractivity contribution is 7.25. The van der Waals surface area contributed by atoms with Crippen molar-refractivity contribution < 1.29 is 9.84 Å². The van der Waals surface area contributed by atoms with Gasteiger partial charge in [-0.3, -0.25) is 9.36 Å². The third kappa shape index (κ3) is 2.52. The summed E-state index contributed by atoms with van der Waals surface area (Å²) in [5.41, 5.74) is 2.12. The second-order valence-corrected chi connectivity index (χ2v) is 8.15.